The maximum absolute atomic E-state index is 12.6. The summed E-state index contributed by atoms with van der Waals surface area (Å²) in [6.45, 7) is 1.61. The highest BCUT2D eigenvalue weighted by Crippen LogP contribution is 2.25. The Morgan fingerprint density at radius 1 is 1.12 bits per heavy atom. The number of carboxylic acids is 1. The molecule has 2 aliphatic rings. The number of hydrogen-bond donors (Lipinski definition) is 1. The molecule has 0 radical (unpaired) electrons. The molecular weight excluding hydrogens is 340 g/mol. The van der Waals surface area contributed by atoms with Crippen LogP contribution in [-0.2, 0) is 16.0 Å². The average molecular weight is 362 g/mol. The van der Waals surface area contributed by atoms with Crippen molar-refractivity contribution in [2.75, 3.05) is 24.7 Å². The maximum Gasteiger partial charge on any atom is 0.335 e. The summed E-state index contributed by atoms with van der Waals surface area (Å²) in [4.78, 5) is 39.6. The van der Waals surface area contributed by atoms with Gasteiger partial charge in [0.1, 0.15) is 6.04 Å². The summed E-state index contributed by atoms with van der Waals surface area (Å²) in [6.07, 6.45) is 2.97. The van der Waals surface area contributed by atoms with Crippen LogP contribution in [0.3, 0.4) is 0 Å². The number of likely N-dealkylation sites (tertiary alicyclic amines) is 1. The Labute approximate surface area is 151 Å². The van der Waals surface area contributed by atoms with Crippen molar-refractivity contribution < 1.29 is 19.5 Å². The minimum Gasteiger partial charge on any atom is -0.478 e. The third-order valence-electron chi connectivity index (χ3n) is 4.73. The SMILES string of the molecule is O=C(O)c1ccc(CCC(=O)N2CSCC2C(=O)N2CCCC2)cc1. The van der Waals surface area contributed by atoms with Crippen LogP contribution in [0.15, 0.2) is 24.3 Å². The first-order valence-corrected chi connectivity index (χ1v) is 9.70. The second kappa shape index (κ2) is 7.91. The number of aryl methyl sites for hydroxylation is 1. The summed E-state index contributed by atoms with van der Waals surface area (Å²) < 4.78 is 0. The molecule has 2 heterocycles. The second-order valence-corrected chi connectivity index (χ2v) is 7.41. The Hall–Kier alpha value is -2.02. The van der Waals surface area contributed by atoms with Crippen molar-refractivity contribution in [3.8, 4) is 0 Å². The maximum atomic E-state index is 12.6. The highest BCUT2D eigenvalue weighted by molar-refractivity contribution is 7.99. The van der Waals surface area contributed by atoms with Crippen LogP contribution in [0.1, 0.15) is 35.2 Å². The van der Waals surface area contributed by atoms with Gasteiger partial charge in [0.2, 0.25) is 11.8 Å². The van der Waals surface area contributed by atoms with Gasteiger partial charge in [-0.1, -0.05) is 12.1 Å². The first kappa shape index (κ1) is 17.8. The van der Waals surface area contributed by atoms with E-state index in [1.807, 2.05) is 4.90 Å². The van der Waals surface area contributed by atoms with E-state index in [0.29, 0.717) is 24.5 Å². The van der Waals surface area contributed by atoms with E-state index < -0.39 is 5.97 Å². The summed E-state index contributed by atoms with van der Waals surface area (Å²) in [5.41, 5.74) is 1.16. The molecule has 1 atom stereocenters. The summed E-state index contributed by atoms with van der Waals surface area (Å²) in [5, 5.41) is 8.91. The Balaban J connectivity index is 1.56. The van der Waals surface area contributed by atoms with Gasteiger partial charge >= 0.3 is 5.97 Å². The molecular formula is C18H22N2O4S. The number of rotatable bonds is 5. The Morgan fingerprint density at radius 3 is 2.44 bits per heavy atom. The fraction of sp³-hybridized carbons (Fsp3) is 0.500. The minimum absolute atomic E-state index is 0.00939. The molecule has 7 heteroatoms. The predicted molar refractivity (Wildman–Crippen MR) is 95.5 cm³/mol. The molecule has 2 fully saturated rings. The van der Waals surface area contributed by atoms with Gasteiger partial charge in [0.15, 0.2) is 0 Å². The molecule has 1 aromatic rings. The summed E-state index contributed by atoms with van der Waals surface area (Å²) >= 11 is 1.62. The smallest absolute Gasteiger partial charge is 0.335 e. The molecule has 6 nitrogen and oxygen atoms in total. The minimum atomic E-state index is -0.958. The van der Waals surface area contributed by atoms with E-state index >= 15 is 0 Å². The molecule has 0 saturated carbocycles. The normalized spacial score (nSPS) is 20.1. The number of thioether (sulfide) groups is 1. The summed E-state index contributed by atoms with van der Waals surface area (Å²) in [6, 6.07) is 6.25. The van der Waals surface area contributed by atoms with Gasteiger partial charge in [-0.15, -0.1) is 11.8 Å². The van der Waals surface area contributed by atoms with E-state index in [-0.39, 0.29) is 23.4 Å². The molecule has 134 valence electrons. The number of hydrogen-bond acceptors (Lipinski definition) is 4. The fourth-order valence-corrected chi connectivity index (χ4v) is 4.42. The molecule has 0 bridgehead atoms. The lowest BCUT2D eigenvalue weighted by atomic mass is 10.1. The van der Waals surface area contributed by atoms with Crippen molar-refractivity contribution in [1.82, 2.24) is 9.80 Å². The molecule has 2 aliphatic heterocycles. The predicted octanol–water partition coefficient (Wildman–Crippen LogP) is 1.84. The molecule has 2 amide bonds. The first-order chi connectivity index (χ1) is 12.1. The van der Waals surface area contributed by atoms with Crippen molar-refractivity contribution in [3.63, 3.8) is 0 Å². The molecule has 1 N–H and O–H groups in total. The van der Waals surface area contributed by atoms with E-state index in [1.165, 1.54) is 0 Å². The molecule has 0 spiro atoms. The Bertz CT molecular complexity index is 656. The van der Waals surface area contributed by atoms with Crippen LogP contribution in [0.25, 0.3) is 0 Å². The van der Waals surface area contributed by atoms with Crippen LogP contribution in [0, 0.1) is 0 Å². The molecule has 1 aromatic carbocycles. The van der Waals surface area contributed by atoms with Gasteiger partial charge in [0.25, 0.3) is 0 Å². The van der Waals surface area contributed by atoms with Gasteiger partial charge in [-0.25, -0.2) is 4.79 Å². The van der Waals surface area contributed by atoms with Crippen LogP contribution >= 0.6 is 11.8 Å². The number of aromatic carboxylic acids is 1. The summed E-state index contributed by atoms with van der Waals surface area (Å²) in [7, 11) is 0. The quantitative estimate of drug-likeness (QED) is 0.865. The zero-order valence-corrected chi connectivity index (χ0v) is 14.8. The van der Waals surface area contributed by atoms with E-state index in [4.69, 9.17) is 5.11 Å². The highest BCUT2D eigenvalue weighted by Gasteiger charge is 2.37. The Morgan fingerprint density at radius 2 is 1.80 bits per heavy atom. The van der Waals surface area contributed by atoms with Crippen LogP contribution < -0.4 is 0 Å². The number of carbonyl (C=O) groups excluding carboxylic acids is 2. The van der Waals surface area contributed by atoms with Crippen LogP contribution in [-0.4, -0.2) is 63.5 Å². The van der Waals surface area contributed by atoms with E-state index in [0.717, 1.165) is 31.5 Å². The number of nitrogens with zero attached hydrogens (tertiary/aromatic N) is 2. The Kier molecular flexibility index (Phi) is 5.63. The lowest BCUT2D eigenvalue weighted by Gasteiger charge is -2.27. The molecule has 0 aromatic heterocycles. The first-order valence-electron chi connectivity index (χ1n) is 8.54. The number of carboxylic acid groups (broad SMARTS) is 1. The number of benzene rings is 1. The third-order valence-corrected chi connectivity index (χ3v) is 5.75. The van der Waals surface area contributed by atoms with Crippen LogP contribution in [0.5, 0.6) is 0 Å². The fourth-order valence-electron chi connectivity index (χ4n) is 3.25. The second-order valence-electron chi connectivity index (χ2n) is 6.41. The van der Waals surface area contributed by atoms with Crippen molar-refractivity contribution in [2.45, 2.75) is 31.7 Å². The van der Waals surface area contributed by atoms with Crippen molar-refractivity contribution in [2.24, 2.45) is 0 Å². The molecule has 25 heavy (non-hydrogen) atoms. The highest BCUT2D eigenvalue weighted by atomic mass is 32.2. The molecule has 1 unspecified atom stereocenters. The number of amides is 2. The van der Waals surface area contributed by atoms with E-state index in [2.05, 4.69) is 0 Å². The number of carbonyl (C=O) groups is 3. The largest absolute Gasteiger partial charge is 0.478 e. The molecule has 3 rings (SSSR count). The van der Waals surface area contributed by atoms with Crippen molar-refractivity contribution in [1.29, 1.82) is 0 Å². The van der Waals surface area contributed by atoms with Gasteiger partial charge in [-0.3, -0.25) is 9.59 Å². The van der Waals surface area contributed by atoms with Gasteiger partial charge in [-0.2, -0.15) is 0 Å². The topological polar surface area (TPSA) is 77.9 Å². The van der Waals surface area contributed by atoms with Gasteiger partial charge in [-0.05, 0) is 37.0 Å². The standard InChI is InChI=1S/C18H22N2O4S/c21-16(8-5-13-3-6-14(7-4-13)18(23)24)20-12-25-11-15(20)17(22)19-9-1-2-10-19/h3-4,6-7,15H,1-2,5,8-12H2,(H,23,24). The van der Waals surface area contributed by atoms with E-state index in [1.54, 1.807) is 40.9 Å². The third kappa shape index (κ3) is 4.15. The lowest BCUT2D eigenvalue weighted by molar-refractivity contribution is -0.142. The van der Waals surface area contributed by atoms with Gasteiger partial charge in [0.05, 0.1) is 11.4 Å². The van der Waals surface area contributed by atoms with Gasteiger partial charge in [0, 0.05) is 25.3 Å². The zero-order valence-electron chi connectivity index (χ0n) is 14.0. The van der Waals surface area contributed by atoms with Gasteiger partial charge < -0.3 is 14.9 Å². The summed E-state index contributed by atoms with van der Waals surface area (Å²) in [5.74, 6) is 0.363. The zero-order chi connectivity index (χ0) is 17.8. The average Bonchev–Trinajstić information content (AvgIpc) is 3.30. The monoisotopic (exact) mass is 362 g/mol. The van der Waals surface area contributed by atoms with E-state index in [9.17, 15) is 14.4 Å². The lowest BCUT2D eigenvalue weighted by Crippen LogP contribution is -2.48. The van der Waals surface area contributed by atoms with Crippen LogP contribution in [0.2, 0.25) is 0 Å². The molecule has 0 aliphatic carbocycles. The van der Waals surface area contributed by atoms with Crippen LogP contribution in [0.4, 0.5) is 0 Å². The molecule has 2 saturated heterocycles. The van der Waals surface area contributed by atoms with Crippen molar-refractivity contribution in [3.05, 3.63) is 35.4 Å². The van der Waals surface area contributed by atoms with Crippen molar-refractivity contribution >= 4 is 29.5 Å².